The van der Waals surface area contributed by atoms with Crippen molar-refractivity contribution in [1.82, 2.24) is 14.6 Å². The molecule has 0 spiro atoms. The van der Waals surface area contributed by atoms with E-state index in [1.807, 2.05) is 41.2 Å². The zero-order chi connectivity index (χ0) is 14.2. The minimum absolute atomic E-state index is 0.859. The minimum atomic E-state index is 0.859. The van der Waals surface area contributed by atoms with Crippen molar-refractivity contribution in [3.8, 4) is 16.9 Å². The van der Waals surface area contributed by atoms with Crippen molar-refractivity contribution < 1.29 is 4.74 Å². The fourth-order valence-corrected chi connectivity index (χ4v) is 2.60. The van der Waals surface area contributed by atoms with Gasteiger partial charge in [-0.3, -0.25) is 4.98 Å². The summed E-state index contributed by atoms with van der Waals surface area (Å²) in [7, 11) is 1.70. The van der Waals surface area contributed by atoms with Crippen molar-refractivity contribution in [2.45, 2.75) is 0 Å². The smallest absolute Gasteiger partial charge is 0.127 e. The third-order valence-electron chi connectivity index (χ3n) is 3.67. The van der Waals surface area contributed by atoms with E-state index >= 15 is 0 Å². The van der Waals surface area contributed by atoms with Gasteiger partial charge in [-0.05, 0) is 47.3 Å². The molecule has 0 atom stereocenters. The molecule has 0 aliphatic heterocycles. The summed E-state index contributed by atoms with van der Waals surface area (Å²) in [6, 6.07) is 12.3. The Kier molecular flexibility index (Phi) is 2.60. The summed E-state index contributed by atoms with van der Waals surface area (Å²) in [5, 5.41) is 6.44. The summed E-state index contributed by atoms with van der Waals surface area (Å²) in [6.07, 6.45) is 7.41. The lowest BCUT2D eigenvalue weighted by molar-refractivity contribution is 0.417. The Morgan fingerprint density at radius 2 is 1.95 bits per heavy atom. The number of aromatic nitrogens is 3. The number of hydrogen-bond acceptors (Lipinski definition) is 3. The molecule has 4 nitrogen and oxygen atoms in total. The van der Waals surface area contributed by atoms with Crippen LogP contribution in [0, 0.1) is 0 Å². The molecule has 21 heavy (non-hydrogen) atoms. The molecule has 1 aromatic carbocycles. The molecule has 102 valence electrons. The van der Waals surface area contributed by atoms with Crippen molar-refractivity contribution in [2.75, 3.05) is 7.11 Å². The number of nitrogens with zero attached hydrogens (tertiary/aromatic N) is 3. The Labute approximate surface area is 121 Å². The van der Waals surface area contributed by atoms with Crippen LogP contribution in [0.2, 0.25) is 0 Å². The van der Waals surface area contributed by atoms with Gasteiger partial charge in [-0.25, -0.2) is 4.52 Å². The number of fused-ring (bicyclic) bond motifs is 2. The quantitative estimate of drug-likeness (QED) is 0.561. The van der Waals surface area contributed by atoms with Crippen LogP contribution >= 0.6 is 0 Å². The molecule has 0 fully saturated rings. The van der Waals surface area contributed by atoms with Gasteiger partial charge in [0.2, 0.25) is 0 Å². The highest BCUT2D eigenvalue weighted by molar-refractivity contribution is 5.90. The lowest BCUT2D eigenvalue weighted by Crippen LogP contribution is -1.91. The maximum atomic E-state index is 5.56. The van der Waals surface area contributed by atoms with Gasteiger partial charge in [0.15, 0.2) is 0 Å². The van der Waals surface area contributed by atoms with E-state index in [1.54, 1.807) is 19.5 Å². The fourth-order valence-electron chi connectivity index (χ4n) is 2.60. The summed E-state index contributed by atoms with van der Waals surface area (Å²) in [4.78, 5) is 4.19. The monoisotopic (exact) mass is 275 g/mol. The van der Waals surface area contributed by atoms with Gasteiger partial charge in [-0.15, -0.1) is 0 Å². The molecule has 4 aromatic rings. The van der Waals surface area contributed by atoms with E-state index in [2.05, 4.69) is 22.2 Å². The van der Waals surface area contributed by atoms with E-state index in [9.17, 15) is 0 Å². The third-order valence-corrected chi connectivity index (χ3v) is 3.67. The first-order valence-electron chi connectivity index (χ1n) is 6.71. The standard InChI is InChI=1S/C17H13N3O/c1-21-17-10-12-2-5-18-11-14(12)9-16(17)13-4-7-20-15(8-13)3-6-19-20/h2-11H,1H3. The maximum Gasteiger partial charge on any atom is 0.127 e. The zero-order valence-electron chi connectivity index (χ0n) is 11.5. The van der Waals surface area contributed by atoms with E-state index in [-0.39, 0.29) is 0 Å². The first kappa shape index (κ1) is 11.9. The van der Waals surface area contributed by atoms with Crippen LogP contribution < -0.4 is 4.74 Å². The lowest BCUT2D eigenvalue weighted by atomic mass is 10.0. The fraction of sp³-hybridized carbons (Fsp3) is 0.0588. The number of methoxy groups -OCH3 is 1. The molecule has 0 saturated heterocycles. The van der Waals surface area contributed by atoms with Crippen molar-refractivity contribution >= 4 is 16.3 Å². The van der Waals surface area contributed by atoms with Crippen molar-refractivity contribution in [1.29, 1.82) is 0 Å². The van der Waals surface area contributed by atoms with Crippen LogP contribution in [-0.4, -0.2) is 21.7 Å². The second-order valence-corrected chi connectivity index (χ2v) is 4.89. The van der Waals surface area contributed by atoms with Gasteiger partial charge in [-0.1, -0.05) is 0 Å². The molecule has 0 N–H and O–H groups in total. The van der Waals surface area contributed by atoms with Crippen LogP contribution in [0.4, 0.5) is 0 Å². The highest BCUT2D eigenvalue weighted by Gasteiger charge is 2.09. The third kappa shape index (κ3) is 1.92. The van der Waals surface area contributed by atoms with Gasteiger partial charge >= 0.3 is 0 Å². The summed E-state index contributed by atoms with van der Waals surface area (Å²) < 4.78 is 7.40. The molecular formula is C17H13N3O. The van der Waals surface area contributed by atoms with Crippen LogP contribution in [-0.2, 0) is 0 Å². The zero-order valence-corrected chi connectivity index (χ0v) is 11.5. The van der Waals surface area contributed by atoms with Crippen LogP contribution in [0.3, 0.4) is 0 Å². The Morgan fingerprint density at radius 1 is 1.00 bits per heavy atom. The summed E-state index contributed by atoms with van der Waals surface area (Å²) in [5.74, 6) is 0.859. The van der Waals surface area contributed by atoms with Crippen molar-refractivity contribution in [3.63, 3.8) is 0 Å². The van der Waals surface area contributed by atoms with E-state index < -0.39 is 0 Å². The van der Waals surface area contributed by atoms with Crippen LogP contribution in [0.5, 0.6) is 5.75 Å². The van der Waals surface area contributed by atoms with E-state index in [1.165, 1.54) is 0 Å². The van der Waals surface area contributed by atoms with Gasteiger partial charge in [0, 0.05) is 35.7 Å². The van der Waals surface area contributed by atoms with E-state index in [4.69, 9.17) is 4.74 Å². The predicted octanol–water partition coefficient (Wildman–Crippen LogP) is 3.56. The first-order chi connectivity index (χ1) is 10.3. The largest absolute Gasteiger partial charge is 0.496 e. The summed E-state index contributed by atoms with van der Waals surface area (Å²) >= 11 is 0. The second-order valence-electron chi connectivity index (χ2n) is 4.89. The van der Waals surface area contributed by atoms with Crippen LogP contribution in [0.25, 0.3) is 27.4 Å². The molecule has 3 heterocycles. The Balaban J connectivity index is 1.98. The Hall–Kier alpha value is -2.88. The summed E-state index contributed by atoms with van der Waals surface area (Å²) in [5.41, 5.74) is 3.22. The number of pyridine rings is 2. The Bertz CT molecular complexity index is 943. The average molecular weight is 275 g/mol. The number of hydrogen-bond donors (Lipinski definition) is 0. The number of rotatable bonds is 2. The Morgan fingerprint density at radius 3 is 2.86 bits per heavy atom. The average Bonchev–Trinajstić information content (AvgIpc) is 3.01. The highest BCUT2D eigenvalue weighted by atomic mass is 16.5. The highest BCUT2D eigenvalue weighted by Crippen LogP contribution is 2.34. The van der Waals surface area contributed by atoms with Gasteiger partial charge in [0.05, 0.1) is 12.6 Å². The van der Waals surface area contributed by atoms with Gasteiger partial charge in [0.25, 0.3) is 0 Å². The first-order valence-corrected chi connectivity index (χ1v) is 6.71. The number of benzene rings is 1. The molecule has 4 rings (SSSR count). The van der Waals surface area contributed by atoms with Crippen molar-refractivity contribution in [2.24, 2.45) is 0 Å². The summed E-state index contributed by atoms with van der Waals surface area (Å²) in [6.45, 7) is 0. The second kappa shape index (κ2) is 4.59. The van der Waals surface area contributed by atoms with Gasteiger partial charge in [-0.2, -0.15) is 5.10 Å². The van der Waals surface area contributed by atoms with E-state index in [0.29, 0.717) is 0 Å². The SMILES string of the molecule is COc1cc2ccncc2cc1-c1ccn2nccc2c1. The molecule has 4 heteroatoms. The minimum Gasteiger partial charge on any atom is -0.496 e. The molecule has 0 radical (unpaired) electrons. The topological polar surface area (TPSA) is 39.4 Å². The number of ether oxygens (including phenoxy) is 1. The molecule has 0 amide bonds. The predicted molar refractivity (Wildman–Crippen MR) is 82.5 cm³/mol. The van der Waals surface area contributed by atoms with Gasteiger partial charge < -0.3 is 4.74 Å². The van der Waals surface area contributed by atoms with E-state index in [0.717, 1.165) is 33.2 Å². The maximum absolute atomic E-state index is 5.56. The van der Waals surface area contributed by atoms with Gasteiger partial charge in [0.1, 0.15) is 5.75 Å². The molecule has 0 aliphatic rings. The molecule has 3 aromatic heterocycles. The molecule has 0 unspecified atom stereocenters. The van der Waals surface area contributed by atoms with Crippen molar-refractivity contribution in [3.05, 3.63) is 61.2 Å². The molecule has 0 aliphatic carbocycles. The lowest BCUT2D eigenvalue weighted by Gasteiger charge is -2.11. The molecule has 0 saturated carbocycles. The van der Waals surface area contributed by atoms with Crippen LogP contribution in [0.15, 0.2) is 61.2 Å². The molecule has 0 bridgehead atoms. The normalized spacial score (nSPS) is 11.1. The van der Waals surface area contributed by atoms with Crippen LogP contribution in [0.1, 0.15) is 0 Å². The molecular weight excluding hydrogens is 262 g/mol.